The van der Waals surface area contributed by atoms with Crippen molar-refractivity contribution in [2.75, 3.05) is 26.2 Å². The first-order valence-electron chi connectivity index (χ1n) is 13.7. The van der Waals surface area contributed by atoms with Crippen LogP contribution in [0, 0.1) is 5.82 Å². The summed E-state index contributed by atoms with van der Waals surface area (Å²) in [4.78, 5) is 15.1. The summed E-state index contributed by atoms with van der Waals surface area (Å²) >= 11 is 0. The molecule has 11 heteroatoms. The molecule has 2 aliphatic heterocycles. The van der Waals surface area contributed by atoms with Gasteiger partial charge in [-0.1, -0.05) is 0 Å². The smallest absolute Gasteiger partial charge is 0.159 e. The van der Waals surface area contributed by atoms with Crippen molar-refractivity contribution in [2.45, 2.75) is 19.8 Å². The average molecular weight is 552 g/mol. The first-order valence-corrected chi connectivity index (χ1v) is 13.7. The number of halogens is 1. The molecule has 3 N–H and O–H groups in total. The molecule has 41 heavy (non-hydrogen) atoms. The van der Waals surface area contributed by atoms with Gasteiger partial charge in [0.15, 0.2) is 5.82 Å². The van der Waals surface area contributed by atoms with Crippen molar-refractivity contribution in [3.63, 3.8) is 0 Å². The molecule has 0 bridgehead atoms. The van der Waals surface area contributed by atoms with Gasteiger partial charge in [0.25, 0.3) is 0 Å². The molecule has 4 aromatic heterocycles. The van der Waals surface area contributed by atoms with Crippen molar-refractivity contribution in [2.24, 2.45) is 7.05 Å². The lowest BCUT2D eigenvalue weighted by Crippen LogP contribution is -2.25. The molecule has 10 nitrogen and oxygen atoms in total. The quantitative estimate of drug-likeness (QED) is 0.285. The fraction of sp³-hybridized carbons (Fsp3) is 0.267. The second kappa shape index (κ2) is 10.3. The number of aromatic amines is 2. The number of allylic oxidation sites excluding steroid dienone is 2. The van der Waals surface area contributed by atoms with Gasteiger partial charge in [0.1, 0.15) is 23.9 Å². The van der Waals surface area contributed by atoms with Crippen LogP contribution in [-0.2, 0) is 7.05 Å². The van der Waals surface area contributed by atoms with E-state index in [1.54, 1.807) is 17.1 Å². The predicted molar refractivity (Wildman–Crippen MR) is 155 cm³/mol. The summed E-state index contributed by atoms with van der Waals surface area (Å²) in [7, 11) is 1.90. The van der Waals surface area contributed by atoms with Gasteiger partial charge in [0.05, 0.1) is 28.8 Å². The average Bonchev–Trinajstić information content (AvgIpc) is 3.76. The number of likely N-dealkylation sites (tertiary alicyclic amines) is 1. The molecule has 0 unspecified atom stereocenters. The van der Waals surface area contributed by atoms with E-state index in [0.29, 0.717) is 40.5 Å². The van der Waals surface area contributed by atoms with Gasteiger partial charge in [-0.2, -0.15) is 10.2 Å². The second-order valence-corrected chi connectivity index (χ2v) is 10.5. The van der Waals surface area contributed by atoms with Crippen LogP contribution < -0.4 is 20.6 Å². The van der Waals surface area contributed by atoms with Crippen LogP contribution in [0.5, 0.6) is 5.75 Å². The number of imidazole rings is 1. The highest BCUT2D eigenvalue weighted by atomic mass is 19.1. The molecule has 6 heterocycles. The summed E-state index contributed by atoms with van der Waals surface area (Å²) in [5, 5.41) is 17.1. The second-order valence-electron chi connectivity index (χ2n) is 10.5. The molecule has 0 amide bonds. The molecule has 1 fully saturated rings. The van der Waals surface area contributed by atoms with Crippen LogP contribution in [-0.4, -0.2) is 66.1 Å². The van der Waals surface area contributed by atoms with Crippen LogP contribution in [0.3, 0.4) is 0 Å². The lowest BCUT2D eigenvalue weighted by Gasteiger charge is -2.15. The van der Waals surface area contributed by atoms with Gasteiger partial charge < -0.3 is 15.0 Å². The Morgan fingerprint density at radius 2 is 1.95 bits per heavy atom. The molecule has 0 saturated carbocycles. The van der Waals surface area contributed by atoms with Crippen LogP contribution in [0.1, 0.15) is 25.3 Å². The summed E-state index contributed by atoms with van der Waals surface area (Å²) in [5.74, 6) is 0.707. The number of nitrogens with one attached hydrogen (secondary N) is 3. The molecule has 0 radical (unpaired) electrons. The molecule has 0 aliphatic carbocycles. The van der Waals surface area contributed by atoms with E-state index in [9.17, 15) is 4.39 Å². The Balaban J connectivity index is 1.25. The summed E-state index contributed by atoms with van der Waals surface area (Å²) < 4.78 is 22.5. The van der Waals surface area contributed by atoms with E-state index in [1.165, 1.54) is 25.0 Å². The molecule has 7 rings (SSSR count). The van der Waals surface area contributed by atoms with E-state index >= 15 is 0 Å². The topological polar surface area (TPSA) is 113 Å². The third-order valence-corrected chi connectivity index (χ3v) is 7.65. The van der Waals surface area contributed by atoms with Crippen molar-refractivity contribution >= 4 is 28.9 Å². The number of nitrogens with zero attached hydrogens (tertiary/aromatic N) is 6. The summed E-state index contributed by atoms with van der Waals surface area (Å²) in [6.07, 6.45) is 13.7. The Morgan fingerprint density at radius 3 is 2.78 bits per heavy atom. The van der Waals surface area contributed by atoms with E-state index < -0.39 is 0 Å². The number of H-pyrrole nitrogens is 2. The third-order valence-electron chi connectivity index (χ3n) is 7.65. The normalized spacial score (nSPS) is 15.4. The standard InChI is InChI=1S/C30H30FN9O/c1-18-23(20-13-34-39(2)17-20)12-24-26(16-33-18)37-38-29(24)30-35-27-15-32-14-25(28(27)36-30)19-9-21(31)11-22(10-19)41-8-7-40-5-3-4-6-40/h9-17,33,37H,3-8H2,1-2H3,(H,35,36). The van der Waals surface area contributed by atoms with Crippen molar-refractivity contribution in [1.29, 1.82) is 0 Å². The zero-order valence-corrected chi connectivity index (χ0v) is 22.9. The molecule has 208 valence electrons. The lowest BCUT2D eigenvalue weighted by atomic mass is 10.1. The largest absolute Gasteiger partial charge is 0.492 e. The van der Waals surface area contributed by atoms with E-state index in [4.69, 9.17) is 9.72 Å². The molecular formula is C30H30FN9O. The number of aromatic nitrogens is 7. The Labute approximate surface area is 235 Å². The van der Waals surface area contributed by atoms with Gasteiger partial charge in [-0.25, -0.2) is 9.37 Å². The number of hydrogen-bond acceptors (Lipinski definition) is 7. The van der Waals surface area contributed by atoms with Gasteiger partial charge in [-0.3, -0.25) is 19.7 Å². The van der Waals surface area contributed by atoms with Gasteiger partial charge >= 0.3 is 0 Å². The first kappa shape index (κ1) is 25.2. The third kappa shape index (κ3) is 4.89. The van der Waals surface area contributed by atoms with Gasteiger partial charge in [-0.15, -0.1) is 0 Å². The zero-order chi connectivity index (χ0) is 27.9. The summed E-state index contributed by atoms with van der Waals surface area (Å²) in [6.45, 7) is 5.56. The molecular weight excluding hydrogens is 521 g/mol. The zero-order valence-electron chi connectivity index (χ0n) is 22.9. The van der Waals surface area contributed by atoms with Crippen molar-refractivity contribution in [3.8, 4) is 28.4 Å². The number of rotatable bonds is 7. The first-order chi connectivity index (χ1) is 20.0. The van der Waals surface area contributed by atoms with E-state index in [2.05, 4.69) is 41.6 Å². The Bertz CT molecular complexity index is 1910. The Hall–Kier alpha value is -4.77. The highest BCUT2D eigenvalue weighted by molar-refractivity contribution is 5.94. The van der Waals surface area contributed by atoms with Crippen LogP contribution in [0.15, 0.2) is 48.7 Å². The Morgan fingerprint density at radius 1 is 1.07 bits per heavy atom. The highest BCUT2D eigenvalue weighted by Crippen LogP contribution is 2.31. The highest BCUT2D eigenvalue weighted by Gasteiger charge is 2.18. The van der Waals surface area contributed by atoms with Gasteiger partial charge in [-0.05, 0) is 56.6 Å². The number of benzene rings is 1. The minimum atomic E-state index is -0.369. The monoisotopic (exact) mass is 551 g/mol. The fourth-order valence-electron chi connectivity index (χ4n) is 5.53. The maximum Gasteiger partial charge on any atom is 0.159 e. The SMILES string of the molecule is CC1=C(c2cnn(C)c2)C=c2c(-c3nc4c(-c5cc(F)cc(OCCN6CCCC6)c5)cncc4[nH]3)n[nH]c2=CN1. The molecule has 0 spiro atoms. The van der Waals surface area contributed by atoms with Crippen LogP contribution in [0.2, 0.25) is 0 Å². The number of aryl methyl sites for hydroxylation is 1. The summed E-state index contributed by atoms with van der Waals surface area (Å²) in [5.41, 5.74) is 6.42. The van der Waals surface area contributed by atoms with Gasteiger partial charge in [0.2, 0.25) is 0 Å². The molecule has 5 aromatic rings. The van der Waals surface area contributed by atoms with Gasteiger partial charge in [0, 0.05) is 65.9 Å². The number of fused-ring (bicyclic) bond motifs is 2. The number of hydrogen-bond donors (Lipinski definition) is 3. The molecule has 1 saturated heterocycles. The van der Waals surface area contributed by atoms with Crippen molar-refractivity contribution in [3.05, 3.63) is 70.6 Å². The van der Waals surface area contributed by atoms with E-state index in [-0.39, 0.29) is 5.82 Å². The van der Waals surface area contributed by atoms with Crippen molar-refractivity contribution < 1.29 is 9.13 Å². The fourth-order valence-corrected chi connectivity index (χ4v) is 5.53. The number of ether oxygens (including phenoxy) is 1. The molecule has 1 aromatic carbocycles. The van der Waals surface area contributed by atoms with Crippen LogP contribution in [0.25, 0.3) is 51.5 Å². The van der Waals surface area contributed by atoms with Crippen LogP contribution in [0.4, 0.5) is 4.39 Å². The van der Waals surface area contributed by atoms with Crippen LogP contribution >= 0.6 is 0 Å². The molecule has 0 atom stereocenters. The van der Waals surface area contributed by atoms with E-state index in [1.807, 2.05) is 38.6 Å². The molecule has 2 aliphatic rings. The summed E-state index contributed by atoms with van der Waals surface area (Å²) in [6, 6.07) is 4.76. The van der Waals surface area contributed by atoms with E-state index in [0.717, 1.165) is 52.6 Å². The maximum absolute atomic E-state index is 14.7. The maximum atomic E-state index is 14.7. The van der Waals surface area contributed by atoms with Crippen molar-refractivity contribution in [1.82, 2.24) is 45.1 Å². The lowest BCUT2D eigenvalue weighted by molar-refractivity contribution is 0.237. The minimum Gasteiger partial charge on any atom is -0.492 e. The minimum absolute atomic E-state index is 0.369. The predicted octanol–water partition coefficient (Wildman–Crippen LogP) is 2.92. The Kier molecular flexibility index (Phi) is 6.35. The number of pyridine rings is 1.